The Hall–Kier alpha value is -3.72. The van der Waals surface area contributed by atoms with E-state index in [-0.39, 0.29) is 37.0 Å². The number of aliphatic hydroxyl groups excluding tert-OH is 2. The highest BCUT2D eigenvalue weighted by atomic mass is 19.4. The predicted molar refractivity (Wildman–Crippen MR) is 165 cm³/mol. The van der Waals surface area contributed by atoms with Gasteiger partial charge < -0.3 is 19.3 Å². The monoisotopic (exact) mass is 674 g/mol. The number of nitrogens with zero attached hydrogens (tertiary/aromatic N) is 6. The molecule has 48 heavy (non-hydrogen) atoms. The fraction of sp³-hybridized carbons (Fsp3) is 0.471. The molecule has 2 aromatic heterocycles. The summed E-state index contributed by atoms with van der Waals surface area (Å²) in [5.74, 6) is -0.239. The fourth-order valence-electron chi connectivity index (χ4n) is 8.18. The van der Waals surface area contributed by atoms with Crippen molar-refractivity contribution in [2.24, 2.45) is 11.8 Å². The number of aliphatic hydroxyl groups is 2. The second-order valence-corrected chi connectivity index (χ2v) is 13.2. The van der Waals surface area contributed by atoms with E-state index in [9.17, 15) is 36.6 Å². The van der Waals surface area contributed by atoms with Crippen molar-refractivity contribution < 1.29 is 36.6 Å². The van der Waals surface area contributed by atoms with E-state index in [1.165, 1.54) is 9.80 Å². The lowest BCUT2D eigenvalue weighted by atomic mass is 9.83. The first-order valence-corrected chi connectivity index (χ1v) is 16.0. The van der Waals surface area contributed by atoms with Gasteiger partial charge in [-0.15, -0.1) is 0 Å². The zero-order chi connectivity index (χ0) is 33.8. The average molecular weight is 675 g/mol. The molecule has 6 atom stereocenters. The third-order valence-electron chi connectivity index (χ3n) is 10.1. The quantitative estimate of drug-likeness (QED) is 0.283. The minimum atomic E-state index is -4.23. The van der Waals surface area contributed by atoms with Crippen molar-refractivity contribution in [2.45, 2.75) is 49.5 Å². The smallest absolute Gasteiger partial charge is 0.391 e. The number of hydrogen-bond donors (Lipinski definition) is 2. The number of likely N-dealkylation sites (tertiary alicyclic amines) is 2. The number of aromatic nitrogens is 4. The van der Waals surface area contributed by atoms with E-state index in [0.29, 0.717) is 25.9 Å². The highest BCUT2D eigenvalue weighted by Crippen LogP contribution is 2.47. The summed E-state index contributed by atoms with van der Waals surface area (Å²) in [6.07, 6.45) is -1.94. The summed E-state index contributed by atoms with van der Waals surface area (Å²) >= 11 is 0. The topological polar surface area (TPSA) is 82.6 Å². The van der Waals surface area contributed by atoms with Gasteiger partial charge in [-0.3, -0.25) is 9.80 Å². The molecule has 0 saturated carbocycles. The van der Waals surface area contributed by atoms with Gasteiger partial charge in [0, 0.05) is 36.1 Å². The number of hydrogen-bond acceptors (Lipinski definition) is 6. The Kier molecular flexibility index (Phi) is 8.63. The van der Waals surface area contributed by atoms with Gasteiger partial charge in [-0.2, -0.15) is 26.3 Å². The Labute approximate surface area is 273 Å². The van der Waals surface area contributed by atoms with Gasteiger partial charge in [-0.25, -0.2) is 9.97 Å². The van der Waals surface area contributed by atoms with Crippen molar-refractivity contribution >= 4 is 0 Å². The molecule has 4 aromatic rings. The standard InChI is InChI=1S/2C17H18F3N3O/c2*18-17(19,20)9-22-6-5-13(15(24)8-22)16-12-4-2-1-3-11(12)14-7-21-10-23(14)16/h2*1-4,7,10,13,15-16,24H,5-6,8-9H2/t13-,15-,16+;13-,15-,16-/m01/s1. The third-order valence-corrected chi connectivity index (χ3v) is 10.1. The molecule has 0 unspecified atom stereocenters. The summed E-state index contributed by atoms with van der Waals surface area (Å²) in [5, 5.41) is 21.1. The van der Waals surface area contributed by atoms with Crippen LogP contribution < -0.4 is 0 Å². The van der Waals surface area contributed by atoms with Crippen LogP contribution in [0.25, 0.3) is 22.5 Å². The molecule has 4 aliphatic rings. The summed E-state index contributed by atoms with van der Waals surface area (Å²) < 4.78 is 79.6. The van der Waals surface area contributed by atoms with Gasteiger partial charge in [-0.05, 0) is 37.1 Å². The third kappa shape index (κ3) is 6.38. The van der Waals surface area contributed by atoms with Crippen molar-refractivity contribution in [3.05, 3.63) is 84.7 Å². The Morgan fingerprint density at radius 1 is 0.625 bits per heavy atom. The Morgan fingerprint density at radius 3 is 1.40 bits per heavy atom. The summed E-state index contributed by atoms with van der Waals surface area (Å²) in [7, 11) is 0. The predicted octanol–water partition coefficient (Wildman–Crippen LogP) is 5.40. The van der Waals surface area contributed by atoms with Crippen molar-refractivity contribution in [3.63, 3.8) is 0 Å². The van der Waals surface area contributed by atoms with E-state index >= 15 is 0 Å². The van der Waals surface area contributed by atoms with Crippen molar-refractivity contribution in [1.29, 1.82) is 0 Å². The fourth-order valence-corrected chi connectivity index (χ4v) is 8.18. The lowest BCUT2D eigenvalue weighted by molar-refractivity contribution is -0.155. The minimum absolute atomic E-state index is 0.0485. The SMILES string of the molecule is O[C@@H]1CN(CC(F)(F)F)CC[C@H]1[C@H]1c2ccccc2-c2cncn21.O[C@H]1CN(CC(F)(F)F)CC[C@@H]1[C@H]1c2ccccc2-c2cncn21. The van der Waals surface area contributed by atoms with Crippen molar-refractivity contribution in [1.82, 2.24) is 28.9 Å². The van der Waals surface area contributed by atoms with Crippen LogP contribution in [0.15, 0.2) is 73.6 Å². The minimum Gasteiger partial charge on any atom is -0.391 e. The summed E-state index contributed by atoms with van der Waals surface area (Å²) in [4.78, 5) is 11.0. The summed E-state index contributed by atoms with van der Waals surface area (Å²) in [6.45, 7) is -1.16. The Bertz CT molecular complexity index is 1610. The lowest BCUT2D eigenvalue weighted by Crippen LogP contribution is -2.49. The zero-order valence-corrected chi connectivity index (χ0v) is 25.9. The molecule has 8 nitrogen and oxygen atoms in total. The number of fused-ring (bicyclic) bond motifs is 6. The van der Waals surface area contributed by atoms with E-state index in [4.69, 9.17) is 0 Å². The molecule has 256 valence electrons. The molecule has 2 fully saturated rings. The van der Waals surface area contributed by atoms with Gasteiger partial charge in [0.25, 0.3) is 0 Å². The molecule has 0 spiro atoms. The number of alkyl halides is 6. The second-order valence-electron chi connectivity index (χ2n) is 13.2. The second kappa shape index (κ2) is 12.6. The summed E-state index contributed by atoms with van der Waals surface area (Å²) in [6, 6.07) is 15.8. The normalized spacial score (nSPS) is 27.1. The van der Waals surface area contributed by atoms with Gasteiger partial charge >= 0.3 is 12.4 Å². The molecule has 2 N–H and O–H groups in total. The van der Waals surface area contributed by atoms with Crippen molar-refractivity contribution in [3.8, 4) is 22.5 Å². The first-order chi connectivity index (χ1) is 22.9. The van der Waals surface area contributed by atoms with Gasteiger partial charge in [0.05, 0.1) is 73.8 Å². The Balaban J connectivity index is 0.000000152. The Morgan fingerprint density at radius 2 is 1.02 bits per heavy atom. The molecule has 4 aliphatic heterocycles. The number of rotatable bonds is 4. The van der Waals surface area contributed by atoms with Crippen LogP contribution in [0, 0.1) is 11.8 Å². The maximum atomic E-state index is 12.6. The van der Waals surface area contributed by atoms with Gasteiger partial charge in [0.1, 0.15) is 0 Å². The van der Waals surface area contributed by atoms with E-state index in [0.717, 1.165) is 33.6 Å². The van der Waals surface area contributed by atoms with Crippen LogP contribution in [0.5, 0.6) is 0 Å². The van der Waals surface area contributed by atoms with E-state index in [1.54, 1.807) is 25.0 Å². The molecule has 0 aliphatic carbocycles. The number of imidazole rings is 2. The highest BCUT2D eigenvalue weighted by Gasteiger charge is 2.44. The maximum absolute atomic E-state index is 12.6. The molecule has 6 heterocycles. The van der Waals surface area contributed by atoms with E-state index in [2.05, 4.69) is 9.97 Å². The van der Waals surface area contributed by atoms with Crippen LogP contribution in [0.1, 0.15) is 36.1 Å². The molecular formula is C34H36F6N6O2. The van der Waals surface area contributed by atoms with Gasteiger partial charge in [-0.1, -0.05) is 48.5 Å². The molecular weight excluding hydrogens is 638 g/mol. The summed E-state index contributed by atoms with van der Waals surface area (Å²) in [5.41, 5.74) is 6.40. The molecule has 0 radical (unpaired) electrons. The van der Waals surface area contributed by atoms with Crippen LogP contribution >= 0.6 is 0 Å². The molecule has 0 bridgehead atoms. The number of β-amino-alcohol motifs (C(OH)–C–C–N with tert-alkyl or cyclic N) is 2. The van der Waals surface area contributed by atoms with Gasteiger partial charge in [0.2, 0.25) is 0 Å². The van der Waals surface area contributed by atoms with Crippen LogP contribution in [0.3, 0.4) is 0 Å². The molecule has 8 rings (SSSR count). The van der Waals surface area contributed by atoms with Crippen LogP contribution in [0.2, 0.25) is 0 Å². The molecule has 14 heteroatoms. The average Bonchev–Trinajstić information content (AvgIpc) is 3.79. The highest BCUT2D eigenvalue weighted by molar-refractivity contribution is 5.70. The molecule has 0 amide bonds. The van der Waals surface area contributed by atoms with Crippen LogP contribution in [-0.2, 0) is 0 Å². The lowest BCUT2D eigenvalue weighted by Gasteiger charge is -2.39. The maximum Gasteiger partial charge on any atom is 0.401 e. The number of piperidine rings is 2. The molecule has 2 saturated heterocycles. The largest absolute Gasteiger partial charge is 0.401 e. The zero-order valence-electron chi connectivity index (χ0n) is 25.9. The van der Waals surface area contributed by atoms with Crippen LogP contribution in [-0.4, -0.2) is 103 Å². The number of halogens is 6. The first kappa shape index (κ1) is 32.8. The van der Waals surface area contributed by atoms with Crippen LogP contribution in [0.4, 0.5) is 26.3 Å². The molecule has 2 aromatic carbocycles. The van der Waals surface area contributed by atoms with Crippen molar-refractivity contribution in [2.75, 3.05) is 39.3 Å². The van der Waals surface area contributed by atoms with Gasteiger partial charge in [0.15, 0.2) is 0 Å². The number of benzene rings is 2. The first-order valence-electron chi connectivity index (χ1n) is 16.0. The van der Waals surface area contributed by atoms with E-state index < -0.39 is 37.7 Å². The van der Waals surface area contributed by atoms with E-state index in [1.807, 2.05) is 57.7 Å².